The quantitative estimate of drug-likeness (QED) is 0.641. The number of rotatable bonds is 6. The van der Waals surface area contributed by atoms with Gasteiger partial charge in [-0.3, -0.25) is 4.79 Å². The average molecular weight is 408 g/mol. The van der Waals surface area contributed by atoms with E-state index in [-0.39, 0.29) is 11.7 Å². The second-order valence-corrected chi connectivity index (χ2v) is 7.54. The van der Waals surface area contributed by atoms with Gasteiger partial charge >= 0.3 is 0 Å². The average Bonchev–Trinajstić information content (AvgIpc) is 2.74. The molecule has 1 heterocycles. The van der Waals surface area contributed by atoms with Crippen LogP contribution in [0.3, 0.4) is 0 Å². The molecule has 0 saturated heterocycles. The molecule has 0 saturated carbocycles. The molecule has 0 unspecified atom stereocenters. The molecule has 0 amide bonds. The van der Waals surface area contributed by atoms with Crippen molar-refractivity contribution < 1.29 is 9.53 Å². The number of hydrogen-bond acceptors (Lipinski definition) is 5. The highest BCUT2D eigenvalue weighted by Gasteiger charge is 2.29. The maximum absolute atomic E-state index is 12.6. The van der Waals surface area contributed by atoms with Gasteiger partial charge in [-0.05, 0) is 48.1 Å². The van der Waals surface area contributed by atoms with Gasteiger partial charge in [0.15, 0.2) is 5.78 Å². The van der Waals surface area contributed by atoms with Crippen molar-refractivity contribution in [3.05, 3.63) is 82.1 Å². The number of halogens is 1. The van der Waals surface area contributed by atoms with Crippen LogP contribution in [0.1, 0.15) is 39.5 Å². The summed E-state index contributed by atoms with van der Waals surface area (Å²) in [6.07, 6.45) is 3.60. The summed E-state index contributed by atoms with van der Waals surface area (Å²) in [4.78, 5) is 21.5. The number of benzene rings is 2. The van der Waals surface area contributed by atoms with Crippen molar-refractivity contribution in [2.75, 3.05) is 19.0 Å². The molecule has 1 N–H and O–H groups in total. The highest BCUT2D eigenvalue weighted by Crippen LogP contribution is 2.35. The molecule has 1 aliphatic rings. The van der Waals surface area contributed by atoms with Gasteiger partial charge < -0.3 is 10.1 Å². The molecule has 1 aliphatic carbocycles. The van der Waals surface area contributed by atoms with Gasteiger partial charge in [-0.1, -0.05) is 41.9 Å². The third kappa shape index (κ3) is 4.40. The first kappa shape index (κ1) is 19.4. The maximum Gasteiger partial charge on any atom is 0.222 e. The number of anilines is 1. The lowest BCUT2D eigenvalue weighted by Crippen LogP contribution is -2.22. The molecular weight excluding hydrogens is 386 g/mol. The molecular formula is C23H22ClN3O2. The van der Waals surface area contributed by atoms with Gasteiger partial charge in [0.1, 0.15) is 5.75 Å². The Kier molecular flexibility index (Phi) is 5.76. The van der Waals surface area contributed by atoms with E-state index in [4.69, 9.17) is 16.3 Å². The zero-order chi connectivity index (χ0) is 20.2. The zero-order valence-electron chi connectivity index (χ0n) is 16.2. The number of ether oxygens (including phenoxy) is 1. The molecule has 0 radical (unpaired) electrons. The molecule has 0 fully saturated rings. The van der Waals surface area contributed by atoms with E-state index in [0.717, 1.165) is 23.4 Å². The maximum atomic E-state index is 12.6. The Labute approximate surface area is 175 Å². The molecule has 0 aliphatic heterocycles. The first-order valence-electron chi connectivity index (χ1n) is 9.64. The summed E-state index contributed by atoms with van der Waals surface area (Å²) in [5, 5.41) is 3.96. The summed E-state index contributed by atoms with van der Waals surface area (Å²) in [5.74, 6) is 1.51. The van der Waals surface area contributed by atoms with Crippen LogP contribution in [-0.4, -0.2) is 29.4 Å². The number of nitrogens with zero attached hydrogens (tertiary/aromatic N) is 2. The van der Waals surface area contributed by atoms with Gasteiger partial charge in [0, 0.05) is 24.2 Å². The molecule has 1 aromatic heterocycles. The summed E-state index contributed by atoms with van der Waals surface area (Å²) in [7, 11) is 1.66. The van der Waals surface area contributed by atoms with Gasteiger partial charge in [0.25, 0.3) is 0 Å². The van der Waals surface area contributed by atoms with Gasteiger partial charge in [0.2, 0.25) is 5.95 Å². The van der Waals surface area contributed by atoms with E-state index >= 15 is 0 Å². The standard InChI is InChI=1S/C23H22ClN3O2/c1-29-17-8-6-15(7-9-17)10-11-25-23-26-14-19-21(27-23)12-16(13-22(19)28)18-4-2-3-5-20(18)24/h2-9,14,16H,10-13H2,1H3,(H,25,26,27)/t16-/m1/s1. The van der Waals surface area contributed by atoms with E-state index in [0.29, 0.717) is 35.9 Å². The number of ketones is 1. The van der Waals surface area contributed by atoms with E-state index in [9.17, 15) is 4.79 Å². The van der Waals surface area contributed by atoms with Crippen LogP contribution >= 0.6 is 11.6 Å². The van der Waals surface area contributed by atoms with Crippen molar-refractivity contribution in [2.24, 2.45) is 0 Å². The molecule has 3 aromatic rings. The van der Waals surface area contributed by atoms with Gasteiger partial charge in [0.05, 0.1) is 18.4 Å². The van der Waals surface area contributed by atoms with Crippen molar-refractivity contribution in [3.63, 3.8) is 0 Å². The smallest absolute Gasteiger partial charge is 0.222 e. The number of methoxy groups -OCH3 is 1. The van der Waals surface area contributed by atoms with E-state index in [1.54, 1.807) is 13.3 Å². The number of carbonyl (C=O) groups excluding carboxylic acids is 1. The first-order chi connectivity index (χ1) is 14.1. The van der Waals surface area contributed by atoms with E-state index in [1.807, 2.05) is 48.5 Å². The zero-order valence-corrected chi connectivity index (χ0v) is 16.9. The molecule has 0 spiro atoms. The highest BCUT2D eigenvalue weighted by atomic mass is 35.5. The van der Waals surface area contributed by atoms with Gasteiger partial charge in [-0.15, -0.1) is 0 Å². The highest BCUT2D eigenvalue weighted by molar-refractivity contribution is 6.31. The number of fused-ring (bicyclic) bond motifs is 1. The number of carbonyl (C=O) groups is 1. The van der Waals surface area contributed by atoms with Crippen molar-refractivity contribution in [1.82, 2.24) is 9.97 Å². The summed E-state index contributed by atoms with van der Waals surface area (Å²) < 4.78 is 5.18. The number of aromatic nitrogens is 2. The SMILES string of the molecule is COc1ccc(CCNc2ncc3c(n2)C[C@@H](c2ccccc2Cl)CC3=O)cc1. The second-order valence-electron chi connectivity index (χ2n) is 7.13. The predicted octanol–water partition coefficient (Wildman–Crippen LogP) is 4.71. The van der Waals surface area contributed by atoms with E-state index < -0.39 is 0 Å². The van der Waals surface area contributed by atoms with Crippen LogP contribution in [-0.2, 0) is 12.8 Å². The van der Waals surface area contributed by atoms with Crippen LogP contribution in [0.15, 0.2) is 54.7 Å². The first-order valence-corrected chi connectivity index (χ1v) is 10.0. The Morgan fingerprint density at radius 2 is 1.93 bits per heavy atom. The summed E-state index contributed by atoms with van der Waals surface area (Å²) in [5.41, 5.74) is 3.60. The summed E-state index contributed by atoms with van der Waals surface area (Å²) in [6, 6.07) is 15.7. The van der Waals surface area contributed by atoms with Crippen LogP contribution in [0.2, 0.25) is 5.02 Å². The van der Waals surface area contributed by atoms with Gasteiger partial charge in [-0.2, -0.15) is 0 Å². The number of nitrogens with one attached hydrogen (secondary N) is 1. The van der Waals surface area contributed by atoms with Crippen LogP contribution in [0, 0.1) is 0 Å². The van der Waals surface area contributed by atoms with Crippen LogP contribution < -0.4 is 10.1 Å². The molecule has 5 nitrogen and oxygen atoms in total. The molecule has 4 rings (SSSR count). The lowest BCUT2D eigenvalue weighted by molar-refractivity contribution is 0.0963. The van der Waals surface area contributed by atoms with Crippen molar-refractivity contribution >= 4 is 23.3 Å². The minimum absolute atomic E-state index is 0.0470. The molecule has 148 valence electrons. The fourth-order valence-electron chi connectivity index (χ4n) is 3.67. The van der Waals surface area contributed by atoms with Crippen LogP contribution in [0.25, 0.3) is 0 Å². The molecule has 6 heteroatoms. The second kappa shape index (κ2) is 8.62. The topological polar surface area (TPSA) is 64.1 Å². The molecule has 29 heavy (non-hydrogen) atoms. The Morgan fingerprint density at radius 3 is 2.69 bits per heavy atom. The lowest BCUT2D eigenvalue weighted by atomic mass is 9.82. The monoisotopic (exact) mass is 407 g/mol. The third-order valence-corrected chi connectivity index (χ3v) is 5.58. The lowest BCUT2D eigenvalue weighted by Gasteiger charge is -2.24. The predicted molar refractivity (Wildman–Crippen MR) is 114 cm³/mol. The number of hydrogen-bond donors (Lipinski definition) is 1. The molecule has 1 atom stereocenters. The largest absolute Gasteiger partial charge is 0.497 e. The van der Waals surface area contributed by atoms with Crippen molar-refractivity contribution in [1.29, 1.82) is 0 Å². The number of Topliss-reactive ketones (excluding diaryl/α,β-unsaturated/α-hetero) is 1. The fraction of sp³-hybridized carbons (Fsp3) is 0.261. The van der Waals surface area contributed by atoms with Gasteiger partial charge in [-0.25, -0.2) is 9.97 Å². The minimum atomic E-state index is 0.0470. The van der Waals surface area contributed by atoms with Crippen LogP contribution in [0.4, 0.5) is 5.95 Å². The summed E-state index contributed by atoms with van der Waals surface area (Å²) >= 11 is 6.35. The van der Waals surface area contributed by atoms with Crippen LogP contribution in [0.5, 0.6) is 5.75 Å². The van der Waals surface area contributed by atoms with Crippen molar-refractivity contribution in [2.45, 2.75) is 25.2 Å². The van der Waals surface area contributed by atoms with Crippen molar-refractivity contribution in [3.8, 4) is 5.75 Å². The fourth-order valence-corrected chi connectivity index (χ4v) is 3.96. The summed E-state index contributed by atoms with van der Waals surface area (Å²) in [6.45, 7) is 0.701. The Hall–Kier alpha value is -2.92. The van der Waals surface area contributed by atoms with E-state index in [2.05, 4.69) is 15.3 Å². The normalized spacial score (nSPS) is 15.7. The Bertz CT molecular complexity index is 1020. The minimum Gasteiger partial charge on any atom is -0.497 e. The Balaban J connectivity index is 1.44. The third-order valence-electron chi connectivity index (χ3n) is 5.24. The molecule has 0 bridgehead atoms. The Morgan fingerprint density at radius 1 is 1.14 bits per heavy atom. The molecule has 2 aromatic carbocycles. The van der Waals surface area contributed by atoms with E-state index in [1.165, 1.54) is 5.56 Å².